The first-order chi connectivity index (χ1) is 24.3. The van der Waals surface area contributed by atoms with Crippen LogP contribution in [0.2, 0.25) is 18.1 Å². The highest BCUT2D eigenvalue weighted by atomic mass is 32.2. The highest BCUT2D eigenvalue weighted by molar-refractivity contribution is 7.84. The van der Waals surface area contributed by atoms with Crippen LogP contribution in [-0.4, -0.2) is 87.7 Å². The maximum absolute atomic E-state index is 17.2. The molecule has 0 radical (unpaired) electrons. The van der Waals surface area contributed by atoms with Crippen molar-refractivity contribution in [3.05, 3.63) is 47.8 Å². The summed E-state index contributed by atoms with van der Waals surface area (Å²) in [5.74, 6) is 0.0222. The van der Waals surface area contributed by atoms with Crippen LogP contribution < -0.4 is 9.64 Å². The lowest BCUT2D eigenvalue weighted by molar-refractivity contribution is 0.00539. The molecule has 3 aliphatic rings. The van der Waals surface area contributed by atoms with E-state index in [0.717, 1.165) is 29.2 Å². The molecule has 52 heavy (non-hydrogen) atoms. The Morgan fingerprint density at radius 2 is 1.75 bits per heavy atom. The van der Waals surface area contributed by atoms with Crippen molar-refractivity contribution in [1.82, 2.24) is 19.9 Å². The van der Waals surface area contributed by atoms with E-state index in [9.17, 15) is 9.00 Å². The number of anilines is 1. The Kier molecular flexibility index (Phi) is 9.18. The Labute approximate surface area is 309 Å². The molecule has 0 saturated carbocycles. The molecule has 3 aliphatic heterocycles. The molecule has 2 aromatic carbocycles. The van der Waals surface area contributed by atoms with Crippen molar-refractivity contribution in [2.75, 3.05) is 24.3 Å². The number of hydrogen-bond acceptors (Lipinski definition) is 9. The summed E-state index contributed by atoms with van der Waals surface area (Å²) in [5, 5.41) is 2.28. The van der Waals surface area contributed by atoms with E-state index in [0.29, 0.717) is 29.7 Å². The van der Waals surface area contributed by atoms with Crippen molar-refractivity contribution in [1.29, 1.82) is 0 Å². The number of pyridine rings is 1. The molecule has 4 aromatic rings. The van der Waals surface area contributed by atoms with E-state index in [2.05, 4.69) is 56.7 Å². The third-order valence-corrected chi connectivity index (χ3v) is 16.4. The van der Waals surface area contributed by atoms with Crippen LogP contribution in [0.5, 0.6) is 5.88 Å². The number of carbonyl (C=O) groups excluding carboxylic acids is 1. The summed E-state index contributed by atoms with van der Waals surface area (Å²) in [6, 6.07) is 11.3. The fraction of sp³-hybridized carbons (Fsp3) is 0.538. The van der Waals surface area contributed by atoms with Gasteiger partial charge in [-0.05, 0) is 81.4 Å². The molecule has 5 heterocycles. The Hall–Kier alpha value is -3.68. The first-order valence-electron chi connectivity index (χ1n) is 18.2. The Morgan fingerprint density at radius 1 is 1.04 bits per heavy atom. The zero-order valence-corrected chi connectivity index (χ0v) is 33.7. The van der Waals surface area contributed by atoms with Crippen LogP contribution in [0.15, 0.2) is 41.6 Å². The summed E-state index contributed by atoms with van der Waals surface area (Å²) in [6.07, 6.45) is 3.26. The highest BCUT2D eigenvalue weighted by Gasteiger charge is 2.52. The first-order valence-corrected chi connectivity index (χ1v) is 22.7. The van der Waals surface area contributed by atoms with Gasteiger partial charge in [-0.15, -0.1) is 0 Å². The van der Waals surface area contributed by atoms with Crippen LogP contribution in [0.3, 0.4) is 0 Å². The molecular weight excluding hydrogens is 698 g/mol. The lowest BCUT2D eigenvalue weighted by Gasteiger charge is -2.46. The zero-order chi connectivity index (χ0) is 37.5. The van der Waals surface area contributed by atoms with Crippen molar-refractivity contribution >= 4 is 52.7 Å². The molecule has 2 saturated heterocycles. The summed E-state index contributed by atoms with van der Waals surface area (Å²) in [4.78, 5) is 31.6. The number of ether oxygens (including phenoxy) is 2. The van der Waals surface area contributed by atoms with E-state index in [1.165, 1.54) is 6.26 Å². The Balaban J connectivity index is 1.34. The fourth-order valence-corrected chi connectivity index (χ4v) is 9.66. The number of aromatic nitrogens is 3. The molecule has 13 heteroatoms. The number of hydrogen-bond donors (Lipinski definition) is 0. The van der Waals surface area contributed by atoms with E-state index < -0.39 is 30.5 Å². The molecule has 5 atom stereocenters. The predicted octanol–water partition coefficient (Wildman–Crippen LogP) is 8.02. The minimum absolute atomic E-state index is 0.0156. The summed E-state index contributed by atoms with van der Waals surface area (Å²) in [7, 11) is -3.64. The number of carbonyl (C=O) groups is 1. The zero-order valence-electron chi connectivity index (χ0n) is 31.9. The molecular formula is C39H50FN5O5SSi. The van der Waals surface area contributed by atoms with Crippen molar-refractivity contribution in [2.24, 2.45) is 0 Å². The maximum Gasteiger partial charge on any atom is 0.410 e. The number of benzene rings is 2. The molecule has 0 N–H and O–H groups in total. The quantitative estimate of drug-likeness (QED) is 0.143. The van der Waals surface area contributed by atoms with E-state index in [-0.39, 0.29) is 64.2 Å². The topological polar surface area (TPSA) is 107 Å². The number of rotatable bonds is 6. The van der Waals surface area contributed by atoms with Gasteiger partial charge in [0, 0.05) is 24.5 Å². The molecule has 2 unspecified atom stereocenters. The minimum atomic E-state index is -2.04. The second kappa shape index (κ2) is 13.0. The van der Waals surface area contributed by atoms with Gasteiger partial charge in [0.05, 0.1) is 28.9 Å². The molecule has 10 nitrogen and oxygen atoms in total. The summed E-state index contributed by atoms with van der Waals surface area (Å²) < 4.78 is 49.3. The molecule has 0 aliphatic carbocycles. The summed E-state index contributed by atoms with van der Waals surface area (Å²) in [6.45, 7) is 19.5. The van der Waals surface area contributed by atoms with Gasteiger partial charge in [0.15, 0.2) is 14.1 Å². The molecule has 2 fully saturated rings. The van der Waals surface area contributed by atoms with Gasteiger partial charge in [0.1, 0.15) is 34.6 Å². The normalized spacial score (nSPS) is 21.5. The van der Waals surface area contributed by atoms with Crippen molar-refractivity contribution in [3.63, 3.8) is 0 Å². The van der Waals surface area contributed by atoms with Gasteiger partial charge in [-0.3, -0.25) is 9.11 Å². The Morgan fingerprint density at radius 3 is 2.42 bits per heavy atom. The van der Waals surface area contributed by atoms with E-state index >= 15 is 4.39 Å². The van der Waals surface area contributed by atoms with E-state index in [1.807, 2.05) is 56.0 Å². The average molecular weight is 748 g/mol. The lowest BCUT2D eigenvalue weighted by Crippen LogP contribution is -2.63. The highest BCUT2D eigenvalue weighted by Crippen LogP contribution is 2.46. The van der Waals surface area contributed by atoms with Crippen LogP contribution in [-0.2, 0) is 26.4 Å². The van der Waals surface area contributed by atoms with Gasteiger partial charge in [0.25, 0.3) is 0 Å². The van der Waals surface area contributed by atoms with E-state index in [4.69, 9.17) is 23.9 Å². The van der Waals surface area contributed by atoms with Crippen molar-refractivity contribution in [2.45, 2.75) is 121 Å². The third kappa shape index (κ3) is 6.46. The van der Waals surface area contributed by atoms with Crippen molar-refractivity contribution < 1.29 is 27.3 Å². The number of halogens is 1. The number of piperazine rings is 1. The number of amides is 1. The number of nitrogens with zero attached hydrogens (tertiary/aromatic N) is 5. The van der Waals surface area contributed by atoms with Gasteiger partial charge in [0.2, 0.25) is 11.0 Å². The van der Waals surface area contributed by atoms with Crippen LogP contribution in [0.4, 0.5) is 15.0 Å². The van der Waals surface area contributed by atoms with Gasteiger partial charge in [-0.25, -0.2) is 24.1 Å². The van der Waals surface area contributed by atoms with Gasteiger partial charge in [-0.2, -0.15) is 0 Å². The fourth-order valence-electron chi connectivity index (χ4n) is 7.79. The molecule has 7 rings (SSSR count). The molecule has 2 aromatic heterocycles. The second-order valence-electron chi connectivity index (χ2n) is 17.0. The molecule has 1 amide bonds. The predicted molar refractivity (Wildman–Crippen MR) is 206 cm³/mol. The Bertz CT molecular complexity index is 2090. The van der Waals surface area contributed by atoms with Crippen LogP contribution in [0.1, 0.15) is 66.9 Å². The van der Waals surface area contributed by atoms with Gasteiger partial charge >= 0.3 is 6.09 Å². The lowest BCUT2D eigenvalue weighted by atomic mass is 9.94. The average Bonchev–Trinajstić information content (AvgIpc) is 3.28. The largest absolute Gasteiger partial charge is 0.475 e. The monoisotopic (exact) mass is 747 g/mol. The number of fused-ring (bicyclic) bond motifs is 6. The van der Waals surface area contributed by atoms with Crippen LogP contribution in [0.25, 0.3) is 32.9 Å². The standard InChI is InChI=1S/C39H50FN5O5SSi/c1-22(50-52(9,10)39(5,6)7)19-24-15-11-13-23-14-12-16-26(29(23)24)32-31(40)33-30-34(43-36(42-33)51(8)47)44-20-25-17-18-27(28(44)21-48-35(30)41-32)45(25)37(46)49-38(2,3)4/h11-16,22,25,27-28H,17-21H2,1-10H3/t22?,25-,27+,28-,51?/m1/s1. The van der Waals surface area contributed by atoms with Gasteiger partial charge in [-0.1, -0.05) is 57.2 Å². The third-order valence-electron chi connectivity index (χ3n) is 11.1. The van der Waals surface area contributed by atoms with Crippen LogP contribution >= 0.6 is 0 Å². The molecule has 2 bridgehead atoms. The second-order valence-corrected chi connectivity index (χ2v) is 23.0. The molecule has 0 spiro atoms. The van der Waals surface area contributed by atoms with Crippen molar-refractivity contribution in [3.8, 4) is 17.1 Å². The molecule has 278 valence electrons. The van der Waals surface area contributed by atoms with Crippen LogP contribution in [0, 0.1) is 5.82 Å². The smallest absolute Gasteiger partial charge is 0.410 e. The minimum Gasteiger partial charge on any atom is -0.475 e. The van der Waals surface area contributed by atoms with Gasteiger partial charge < -0.3 is 18.8 Å². The maximum atomic E-state index is 17.2. The SMILES string of the molecule is CC(Cc1cccc2cccc(-c3nc4c5c(nc(S(C)=O)nc5c3F)N3C[C@H]5CC[C@@H]([C@H]3CO4)N5C(=O)OC(C)(C)C)c12)O[Si](C)(C)C(C)(C)C. The summed E-state index contributed by atoms with van der Waals surface area (Å²) >= 11 is 0. The summed E-state index contributed by atoms with van der Waals surface area (Å²) in [5.41, 5.74) is 1.12. The van der Waals surface area contributed by atoms with E-state index in [1.54, 1.807) is 0 Å². The first kappa shape index (κ1) is 36.7.